The van der Waals surface area contributed by atoms with Gasteiger partial charge in [0.15, 0.2) is 5.78 Å². The van der Waals surface area contributed by atoms with Crippen molar-refractivity contribution in [1.29, 1.82) is 0 Å². The van der Waals surface area contributed by atoms with Crippen molar-refractivity contribution >= 4 is 11.5 Å². The smallest absolute Gasteiger partial charge is 0.164 e. The molecule has 3 rings (SSSR count). The molecule has 1 unspecified atom stereocenters. The topological polar surface area (TPSA) is 38.8 Å². The minimum Gasteiger partial charge on any atom is -0.381 e. The fourth-order valence-corrected chi connectivity index (χ4v) is 3.38. The molecule has 23 heavy (non-hydrogen) atoms. The highest BCUT2D eigenvalue weighted by molar-refractivity contribution is 6.00. The Balaban J connectivity index is 1.56. The van der Waals surface area contributed by atoms with Crippen molar-refractivity contribution < 1.29 is 18.7 Å². The number of anilines is 1. The van der Waals surface area contributed by atoms with Gasteiger partial charge in [0, 0.05) is 25.6 Å². The molecule has 4 nitrogen and oxygen atoms in total. The quantitative estimate of drug-likeness (QED) is 0.781. The number of Topliss-reactive ketones (excluding diaryl/α,β-unsaturated/α-hetero) is 1. The van der Waals surface area contributed by atoms with Gasteiger partial charge in [0.05, 0.1) is 30.6 Å². The summed E-state index contributed by atoms with van der Waals surface area (Å²) in [5, 5.41) is 0. The summed E-state index contributed by atoms with van der Waals surface area (Å²) in [4.78, 5) is 13.8. The lowest BCUT2D eigenvalue weighted by atomic mass is 10.0. The Hall–Kier alpha value is -1.46. The van der Waals surface area contributed by atoms with E-state index in [0.717, 1.165) is 52.2 Å². The highest BCUT2D eigenvalue weighted by Gasteiger charge is 2.25. The number of hydrogen-bond acceptors (Lipinski definition) is 4. The molecule has 0 N–H and O–H groups in total. The van der Waals surface area contributed by atoms with E-state index in [2.05, 4.69) is 4.90 Å². The summed E-state index contributed by atoms with van der Waals surface area (Å²) in [6, 6.07) is 4.84. The predicted octanol–water partition coefficient (Wildman–Crippen LogP) is 3.05. The van der Waals surface area contributed by atoms with E-state index in [4.69, 9.17) is 9.47 Å². The molecule has 1 atom stereocenters. The number of rotatable bonds is 5. The molecule has 0 spiro atoms. The Kier molecular flexibility index (Phi) is 5.28. The number of nitrogens with zero attached hydrogens (tertiary/aromatic N) is 1. The van der Waals surface area contributed by atoms with Gasteiger partial charge in [-0.3, -0.25) is 4.79 Å². The minimum absolute atomic E-state index is 0.204. The van der Waals surface area contributed by atoms with Crippen LogP contribution in [0.2, 0.25) is 0 Å². The summed E-state index contributed by atoms with van der Waals surface area (Å²) in [6.45, 7) is 5.42. The van der Waals surface area contributed by atoms with E-state index in [-0.39, 0.29) is 17.5 Å². The first kappa shape index (κ1) is 16.4. The van der Waals surface area contributed by atoms with Crippen LogP contribution in [0.3, 0.4) is 0 Å². The Bertz CT molecular complexity index is 549. The van der Waals surface area contributed by atoms with Crippen molar-refractivity contribution in [2.75, 3.05) is 37.8 Å². The summed E-state index contributed by atoms with van der Waals surface area (Å²) < 4.78 is 25.3. The molecule has 126 valence electrons. The zero-order valence-corrected chi connectivity index (χ0v) is 13.6. The molecule has 2 fully saturated rings. The van der Waals surface area contributed by atoms with Crippen LogP contribution in [0.4, 0.5) is 10.1 Å². The minimum atomic E-state index is -0.436. The molecule has 0 amide bonds. The molecule has 2 aliphatic rings. The van der Waals surface area contributed by atoms with Gasteiger partial charge in [0.1, 0.15) is 5.82 Å². The molecule has 0 bridgehead atoms. The first-order valence-electron chi connectivity index (χ1n) is 8.39. The van der Waals surface area contributed by atoms with Crippen LogP contribution in [0, 0.1) is 11.7 Å². The van der Waals surface area contributed by atoms with Gasteiger partial charge in [-0.25, -0.2) is 4.39 Å². The number of halogens is 1. The van der Waals surface area contributed by atoms with Crippen LogP contribution in [-0.2, 0) is 9.47 Å². The maximum Gasteiger partial charge on any atom is 0.164 e. The van der Waals surface area contributed by atoms with Gasteiger partial charge in [-0.2, -0.15) is 0 Å². The van der Waals surface area contributed by atoms with E-state index in [1.165, 1.54) is 13.0 Å². The van der Waals surface area contributed by atoms with Crippen molar-refractivity contribution in [2.45, 2.75) is 32.3 Å². The SMILES string of the molecule is CC(=O)c1c(F)cccc1N1CCC(OCC2CCOC2)CC1. The van der Waals surface area contributed by atoms with Gasteiger partial charge in [0.2, 0.25) is 0 Å². The van der Waals surface area contributed by atoms with Crippen LogP contribution in [0.25, 0.3) is 0 Å². The number of ketones is 1. The monoisotopic (exact) mass is 321 g/mol. The third-order valence-electron chi connectivity index (χ3n) is 4.72. The van der Waals surface area contributed by atoms with Gasteiger partial charge < -0.3 is 14.4 Å². The first-order valence-corrected chi connectivity index (χ1v) is 8.39. The molecular weight excluding hydrogens is 297 g/mol. The number of carbonyl (C=O) groups is 1. The Labute approximate surface area is 136 Å². The second kappa shape index (κ2) is 7.41. The van der Waals surface area contributed by atoms with E-state index in [9.17, 15) is 9.18 Å². The molecule has 2 aliphatic heterocycles. The molecule has 2 saturated heterocycles. The summed E-state index contributed by atoms with van der Waals surface area (Å²) in [5.41, 5.74) is 0.912. The molecule has 1 aromatic rings. The molecule has 0 aromatic heterocycles. The molecule has 2 heterocycles. The average Bonchev–Trinajstić information content (AvgIpc) is 3.06. The summed E-state index contributed by atoms with van der Waals surface area (Å²) >= 11 is 0. The second-order valence-corrected chi connectivity index (χ2v) is 6.44. The number of ether oxygens (including phenoxy) is 2. The standard InChI is InChI=1S/C18H24FNO3/c1-13(21)18-16(19)3-2-4-17(18)20-8-5-15(6-9-20)23-12-14-7-10-22-11-14/h2-4,14-15H,5-12H2,1H3. The average molecular weight is 321 g/mol. The molecular formula is C18H24FNO3. The van der Waals surface area contributed by atoms with E-state index in [1.807, 2.05) is 6.07 Å². The number of hydrogen-bond donors (Lipinski definition) is 0. The highest BCUT2D eigenvalue weighted by atomic mass is 19.1. The Morgan fingerprint density at radius 2 is 2.13 bits per heavy atom. The predicted molar refractivity (Wildman–Crippen MR) is 86.5 cm³/mol. The molecule has 1 aromatic carbocycles. The van der Waals surface area contributed by atoms with Crippen molar-refractivity contribution in [3.05, 3.63) is 29.6 Å². The lowest BCUT2D eigenvalue weighted by Crippen LogP contribution is -2.38. The third-order valence-corrected chi connectivity index (χ3v) is 4.72. The summed E-state index contributed by atoms with van der Waals surface area (Å²) in [5.74, 6) is -0.132. The fourth-order valence-electron chi connectivity index (χ4n) is 3.38. The molecule has 0 aliphatic carbocycles. The van der Waals surface area contributed by atoms with Crippen LogP contribution >= 0.6 is 0 Å². The normalized spacial score (nSPS) is 22.5. The maximum absolute atomic E-state index is 13.9. The largest absolute Gasteiger partial charge is 0.381 e. The van der Waals surface area contributed by atoms with Crippen LogP contribution in [0.15, 0.2) is 18.2 Å². The Morgan fingerprint density at radius 1 is 1.35 bits per heavy atom. The molecule has 0 saturated carbocycles. The van der Waals surface area contributed by atoms with Crippen LogP contribution in [0.5, 0.6) is 0 Å². The van der Waals surface area contributed by atoms with Crippen molar-refractivity contribution in [3.8, 4) is 0 Å². The zero-order valence-electron chi connectivity index (χ0n) is 13.6. The number of carbonyl (C=O) groups excluding carboxylic acids is 1. The summed E-state index contributed by atoms with van der Waals surface area (Å²) in [7, 11) is 0. The number of piperidine rings is 1. The second-order valence-electron chi connectivity index (χ2n) is 6.44. The van der Waals surface area contributed by atoms with E-state index in [0.29, 0.717) is 11.6 Å². The van der Waals surface area contributed by atoms with Crippen molar-refractivity contribution in [2.24, 2.45) is 5.92 Å². The van der Waals surface area contributed by atoms with Gasteiger partial charge in [-0.1, -0.05) is 6.07 Å². The lowest BCUT2D eigenvalue weighted by Gasteiger charge is -2.34. The fraction of sp³-hybridized carbons (Fsp3) is 0.611. The van der Waals surface area contributed by atoms with Crippen LogP contribution < -0.4 is 4.90 Å². The zero-order chi connectivity index (χ0) is 16.2. The van der Waals surface area contributed by atoms with Crippen molar-refractivity contribution in [3.63, 3.8) is 0 Å². The van der Waals surface area contributed by atoms with E-state index in [1.54, 1.807) is 6.07 Å². The van der Waals surface area contributed by atoms with Gasteiger partial charge >= 0.3 is 0 Å². The third kappa shape index (κ3) is 3.90. The lowest BCUT2D eigenvalue weighted by molar-refractivity contribution is 0.0131. The van der Waals surface area contributed by atoms with Gasteiger partial charge in [-0.05, 0) is 38.3 Å². The highest BCUT2D eigenvalue weighted by Crippen LogP contribution is 2.28. The van der Waals surface area contributed by atoms with E-state index < -0.39 is 5.82 Å². The molecule has 5 heteroatoms. The van der Waals surface area contributed by atoms with Crippen molar-refractivity contribution in [1.82, 2.24) is 0 Å². The Morgan fingerprint density at radius 3 is 2.78 bits per heavy atom. The van der Waals surface area contributed by atoms with E-state index >= 15 is 0 Å². The number of benzene rings is 1. The van der Waals surface area contributed by atoms with Gasteiger partial charge in [0.25, 0.3) is 0 Å². The van der Waals surface area contributed by atoms with Crippen LogP contribution in [0.1, 0.15) is 36.5 Å². The van der Waals surface area contributed by atoms with Crippen LogP contribution in [-0.4, -0.2) is 44.8 Å². The first-order chi connectivity index (χ1) is 11.1. The molecule has 0 radical (unpaired) electrons. The summed E-state index contributed by atoms with van der Waals surface area (Å²) in [6.07, 6.45) is 3.15. The maximum atomic E-state index is 13.9. The van der Waals surface area contributed by atoms with Gasteiger partial charge in [-0.15, -0.1) is 0 Å².